The average Bonchev–Trinajstić information content (AvgIpc) is 2.80. The molecule has 0 radical (unpaired) electrons. The Morgan fingerprint density at radius 3 is 2.34 bits per heavy atom. The maximum atomic E-state index is 13.1. The molecule has 0 aromatic rings. The van der Waals surface area contributed by atoms with Gasteiger partial charge >= 0.3 is 5.97 Å². The largest absolute Gasteiger partial charge is 0.481 e. The predicted octanol–water partition coefficient (Wildman–Crippen LogP) is 5.24. The van der Waals surface area contributed by atoms with Crippen molar-refractivity contribution in [3.05, 3.63) is 11.6 Å². The van der Waals surface area contributed by atoms with Crippen LogP contribution in [0.15, 0.2) is 11.6 Å². The molecule has 196 valence electrons. The van der Waals surface area contributed by atoms with E-state index in [0.717, 1.165) is 44.9 Å². The summed E-state index contributed by atoms with van der Waals surface area (Å²) in [6.07, 6.45) is 7.75. The van der Waals surface area contributed by atoms with Crippen LogP contribution >= 0.6 is 0 Å². The Labute approximate surface area is 210 Å². The minimum atomic E-state index is -1.10. The number of carboxylic acids is 1. The highest BCUT2D eigenvalue weighted by Gasteiger charge is 2.70. The lowest BCUT2D eigenvalue weighted by molar-refractivity contribution is -0.214. The third-order valence-electron chi connectivity index (χ3n) is 13.3. The number of carbonyl (C=O) groups is 2. The van der Waals surface area contributed by atoms with E-state index in [1.165, 1.54) is 5.57 Å². The number of aliphatic carboxylic acids is 1. The first kappa shape index (κ1) is 25.4. The Kier molecular flexibility index (Phi) is 5.57. The maximum Gasteiger partial charge on any atom is 0.310 e. The second-order valence-electron chi connectivity index (χ2n) is 14.3. The smallest absolute Gasteiger partial charge is 0.310 e. The van der Waals surface area contributed by atoms with E-state index >= 15 is 0 Å². The van der Waals surface area contributed by atoms with Crippen molar-refractivity contribution < 1.29 is 24.9 Å². The van der Waals surface area contributed by atoms with Gasteiger partial charge in [-0.2, -0.15) is 0 Å². The van der Waals surface area contributed by atoms with E-state index in [2.05, 4.69) is 40.7 Å². The van der Waals surface area contributed by atoms with Gasteiger partial charge in [-0.25, -0.2) is 0 Å². The molecule has 0 aromatic carbocycles. The first-order valence-corrected chi connectivity index (χ1v) is 14.0. The molecule has 0 aliphatic heterocycles. The number of carboxylic acid groups (broad SMARTS) is 1. The molecule has 0 aromatic heterocycles. The average molecular weight is 487 g/mol. The van der Waals surface area contributed by atoms with Crippen molar-refractivity contribution in [1.82, 2.24) is 0 Å². The van der Waals surface area contributed by atoms with Crippen LogP contribution in [0.4, 0.5) is 0 Å². The lowest BCUT2D eigenvalue weighted by atomic mass is 9.33. The number of Topliss-reactive ketones (excluding diaryl/α,β-unsaturated/α-hetero) is 1. The third-order valence-corrected chi connectivity index (χ3v) is 13.3. The Balaban J connectivity index is 1.63. The Hall–Kier alpha value is -1.20. The molecular weight excluding hydrogens is 440 g/mol. The van der Waals surface area contributed by atoms with Gasteiger partial charge in [0.1, 0.15) is 6.10 Å². The Morgan fingerprint density at radius 1 is 1.03 bits per heavy atom. The molecule has 4 fully saturated rings. The molecule has 5 nitrogen and oxygen atoms in total. The summed E-state index contributed by atoms with van der Waals surface area (Å²) < 4.78 is 0. The predicted molar refractivity (Wildman–Crippen MR) is 134 cm³/mol. The van der Waals surface area contributed by atoms with E-state index < -0.39 is 22.9 Å². The van der Waals surface area contributed by atoms with Gasteiger partial charge in [-0.05, 0) is 90.8 Å². The summed E-state index contributed by atoms with van der Waals surface area (Å²) in [7, 11) is 0. The van der Waals surface area contributed by atoms with Crippen LogP contribution in [0.1, 0.15) is 92.9 Å². The Morgan fingerprint density at radius 2 is 1.71 bits per heavy atom. The molecule has 5 rings (SSSR count). The van der Waals surface area contributed by atoms with Crippen molar-refractivity contribution in [2.75, 3.05) is 6.61 Å². The SMILES string of the molecule is C[C@H]1[C@H](C)CCC2(C(=O)O)CC[C@]3(C)C(=CC[C@@H]4[C@@]5(C)CC(=O)[C@H](O)[C@@](C)(CO)[C@@H]5CC[C@]43C)[C@H]12. The zero-order chi connectivity index (χ0) is 25.8. The van der Waals surface area contributed by atoms with Gasteiger partial charge in [0.25, 0.3) is 0 Å². The fourth-order valence-corrected chi connectivity index (χ4v) is 10.8. The fourth-order valence-electron chi connectivity index (χ4n) is 10.8. The van der Waals surface area contributed by atoms with Crippen LogP contribution in [0.5, 0.6) is 0 Å². The summed E-state index contributed by atoms with van der Waals surface area (Å²) >= 11 is 0. The number of fused-ring (bicyclic) bond motifs is 7. The van der Waals surface area contributed by atoms with Crippen LogP contribution in [0, 0.1) is 56.7 Å². The van der Waals surface area contributed by atoms with Crippen LogP contribution in [0.2, 0.25) is 0 Å². The molecule has 0 saturated heterocycles. The number of hydrogen-bond donors (Lipinski definition) is 3. The highest BCUT2D eigenvalue weighted by Crippen LogP contribution is 2.75. The number of hydrogen-bond acceptors (Lipinski definition) is 4. The van der Waals surface area contributed by atoms with Gasteiger partial charge in [0.05, 0.1) is 12.0 Å². The van der Waals surface area contributed by atoms with E-state index in [1.54, 1.807) is 0 Å². The first-order chi connectivity index (χ1) is 16.2. The minimum Gasteiger partial charge on any atom is -0.481 e. The third kappa shape index (κ3) is 2.89. The lowest BCUT2D eigenvalue weighted by Crippen LogP contribution is -2.67. The number of carbonyl (C=O) groups excluding carboxylic acids is 1. The van der Waals surface area contributed by atoms with E-state index in [1.807, 2.05) is 6.92 Å². The molecule has 35 heavy (non-hydrogen) atoms. The van der Waals surface area contributed by atoms with Gasteiger partial charge in [0.2, 0.25) is 0 Å². The summed E-state index contributed by atoms with van der Waals surface area (Å²) in [5, 5.41) is 31.7. The molecule has 5 aliphatic carbocycles. The summed E-state index contributed by atoms with van der Waals surface area (Å²) in [5.41, 5.74) is -0.520. The fraction of sp³-hybridized carbons (Fsp3) is 0.867. The van der Waals surface area contributed by atoms with Crippen molar-refractivity contribution in [3.8, 4) is 0 Å². The normalized spacial score (nSPS) is 55.7. The molecule has 0 heterocycles. The second-order valence-corrected chi connectivity index (χ2v) is 14.3. The molecule has 5 aliphatic rings. The minimum absolute atomic E-state index is 0.0493. The number of aliphatic hydroxyl groups is 2. The van der Waals surface area contributed by atoms with Gasteiger partial charge < -0.3 is 15.3 Å². The molecule has 11 atom stereocenters. The van der Waals surface area contributed by atoms with Gasteiger partial charge in [-0.3, -0.25) is 9.59 Å². The molecule has 0 bridgehead atoms. The topological polar surface area (TPSA) is 94.8 Å². The van der Waals surface area contributed by atoms with Crippen molar-refractivity contribution in [3.63, 3.8) is 0 Å². The van der Waals surface area contributed by atoms with Crippen LogP contribution in [-0.4, -0.2) is 39.8 Å². The van der Waals surface area contributed by atoms with Crippen molar-refractivity contribution in [1.29, 1.82) is 0 Å². The van der Waals surface area contributed by atoms with E-state index in [0.29, 0.717) is 18.3 Å². The maximum absolute atomic E-state index is 13.1. The monoisotopic (exact) mass is 486 g/mol. The zero-order valence-corrected chi connectivity index (χ0v) is 22.6. The van der Waals surface area contributed by atoms with E-state index in [9.17, 15) is 24.9 Å². The highest BCUT2D eigenvalue weighted by atomic mass is 16.4. The molecule has 0 spiro atoms. The molecule has 1 unspecified atom stereocenters. The van der Waals surface area contributed by atoms with Gasteiger partial charge in [0.15, 0.2) is 5.78 Å². The molecule has 4 saturated carbocycles. The summed E-state index contributed by atoms with van der Waals surface area (Å²) in [6.45, 7) is 13.4. The Bertz CT molecular complexity index is 972. The van der Waals surface area contributed by atoms with Gasteiger partial charge in [0, 0.05) is 11.8 Å². The standard InChI is InChI=1S/C30H46O5/c1-17-9-12-30(25(34)35)14-13-28(5)19(23(30)18(17)2)7-8-22-26(3)15-20(32)24(33)27(4,16-31)21(26)10-11-29(22,28)6/h7,17-18,21-24,31,33H,8-16H2,1-6H3,(H,34,35)/t17-,18+,21-,22-,23+,24+,26+,27+,28-,29-,30?/m1/s1. The quantitative estimate of drug-likeness (QED) is 0.464. The summed E-state index contributed by atoms with van der Waals surface area (Å²) in [4.78, 5) is 25.9. The molecule has 3 N–H and O–H groups in total. The zero-order valence-electron chi connectivity index (χ0n) is 22.6. The van der Waals surface area contributed by atoms with Gasteiger partial charge in [-0.15, -0.1) is 0 Å². The van der Waals surface area contributed by atoms with E-state index in [-0.39, 0.29) is 46.4 Å². The van der Waals surface area contributed by atoms with Crippen LogP contribution in [-0.2, 0) is 9.59 Å². The molecular formula is C30H46O5. The summed E-state index contributed by atoms with van der Waals surface area (Å²) in [6, 6.07) is 0. The molecule has 0 amide bonds. The molecule has 5 heteroatoms. The van der Waals surface area contributed by atoms with Crippen LogP contribution in [0.25, 0.3) is 0 Å². The van der Waals surface area contributed by atoms with E-state index in [4.69, 9.17) is 0 Å². The van der Waals surface area contributed by atoms with Crippen molar-refractivity contribution in [2.45, 2.75) is 99.0 Å². The number of allylic oxidation sites excluding steroid dienone is 2. The van der Waals surface area contributed by atoms with Crippen molar-refractivity contribution >= 4 is 11.8 Å². The number of aliphatic hydroxyl groups excluding tert-OH is 2. The van der Waals surface area contributed by atoms with Gasteiger partial charge in [-0.1, -0.05) is 53.2 Å². The van der Waals surface area contributed by atoms with Crippen LogP contribution < -0.4 is 0 Å². The number of rotatable bonds is 2. The number of ketones is 1. The second kappa shape index (κ2) is 7.66. The van der Waals surface area contributed by atoms with Crippen molar-refractivity contribution in [2.24, 2.45) is 56.7 Å². The summed E-state index contributed by atoms with van der Waals surface area (Å²) in [5.74, 6) is 0.519. The first-order valence-electron chi connectivity index (χ1n) is 14.0. The lowest BCUT2D eigenvalue weighted by Gasteiger charge is -2.71. The highest BCUT2D eigenvalue weighted by molar-refractivity contribution is 5.85. The van der Waals surface area contributed by atoms with Crippen LogP contribution in [0.3, 0.4) is 0 Å².